The Kier molecular flexibility index (Phi) is 5.61. The van der Waals surface area contributed by atoms with Gasteiger partial charge in [0.15, 0.2) is 0 Å². The highest BCUT2D eigenvalue weighted by Gasteiger charge is 2.24. The van der Waals surface area contributed by atoms with Crippen molar-refractivity contribution in [2.75, 3.05) is 6.54 Å². The first-order valence-electron chi connectivity index (χ1n) is 6.53. The zero-order chi connectivity index (χ0) is 15.2. The topological polar surface area (TPSA) is 91.6 Å². The Morgan fingerprint density at radius 1 is 1.35 bits per heavy atom. The van der Waals surface area contributed by atoms with E-state index < -0.39 is 11.9 Å². The number of carbonyl (C=O) groups excluding carboxylic acids is 1. The molecule has 0 bridgehead atoms. The molecule has 6 nitrogen and oxygen atoms in total. The van der Waals surface area contributed by atoms with E-state index in [0.717, 1.165) is 5.56 Å². The number of urea groups is 1. The Labute approximate surface area is 118 Å². The van der Waals surface area contributed by atoms with Crippen LogP contribution in [-0.4, -0.2) is 23.7 Å². The SMILES string of the molecule is CC(C)(C)CC(CNC(=O)NCc1ccoc1)C(=O)O. The summed E-state index contributed by atoms with van der Waals surface area (Å²) in [4.78, 5) is 22.7. The lowest BCUT2D eigenvalue weighted by atomic mass is 9.84. The largest absolute Gasteiger partial charge is 0.481 e. The first-order chi connectivity index (χ1) is 9.28. The minimum Gasteiger partial charge on any atom is -0.481 e. The minimum absolute atomic E-state index is 0.0992. The van der Waals surface area contributed by atoms with Gasteiger partial charge in [-0.1, -0.05) is 20.8 Å². The molecular weight excluding hydrogens is 260 g/mol. The van der Waals surface area contributed by atoms with Gasteiger partial charge in [0.1, 0.15) is 0 Å². The van der Waals surface area contributed by atoms with Crippen molar-refractivity contribution in [3.63, 3.8) is 0 Å². The standard InChI is InChI=1S/C14H22N2O4/c1-14(2,3)6-11(12(17)18)8-16-13(19)15-7-10-4-5-20-9-10/h4-5,9,11H,6-8H2,1-3H3,(H,17,18)(H2,15,16,19). The molecule has 1 aromatic rings. The summed E-state index contributed by atoms with van der Waals surface area (Å²) in [5.74, 6) is -1.48. The van der Waals surface area contributed by atoms with Gasteiger partial charge in [-0.15, -0.1) is 0 Å². The van der Waals surface area contributed by atoms with Crippen LogP contribution in [0, 0.1) is 11.3 Å². The fourth-order valence-electron chi connectivity index (χ4n) is 1.84. The van der Waals surface area contributed by atoms with Crippen LogP contribution >= 0.6 is 0 Å². The summed E-state index contributed by atoms with van der Waals surface area (Å²) in [6, 6.07) is 1.37. The van der Waals surface area contributed by atoms with Crippen LogP contribution in [0.3, 0.4) is 0 Å². The number of nitrogens with one attached hydrogen (secondary N) is 2. The Balaban J connectivity index is 2.35. The lowest BCUT2D eigenvalue weighted by molar-refractivity contribution is -0.142. The molecule has 20 heavy (non-hydrogen) atoms. The normalized spacial score (nSPS) is 12.8. The molecule has 0 aromatic carbocycles. The summed E-state index contributed by atoms with van der Waals surface area (Å²) in [5, 5.41) is 14.4. The van der Waals surface area contributed by atoms with Gasteiger partial charge in [-0.2, -0.15) is 0 Å². The van der Waals surface area contributed by atoms with Crippen molar-refractivity contribution in [2.45, 2.75) is 33.7 Å². The first-order valence-corrected chi connectivity index (χ1v) is 6.53. The third-order valence-corrected chi connectivity index (χ3v) is 2.75. The third kappa shape index (κ3) is 6.26. The number of hydrogen-bond donors (Lipinski definition) is 3. The van der Waals surface area contributed by atoms with Gasteiger partial charge in [-0.25, -0.2) is 4.79 Å². The van der Waals surface area contributed by atoms with Crippen molar-refractivity contribution in [3.05, 3.63) is 24.2 Å². The Morgan fingerprint density at radius 2 is 2.05 bits per heavy atom. The van der Waals surface area contributed by atoms with E-state index in [1.807, 2.05) is 20.8 Å². The van der Waals surface area contributed by atoms with Crippen LogP contribution in [0.2, 0.25) is 0 Å². The van der Waals surface area contributed by atoms with E-state index in [9.17, 15) is 9.59 Å². The molecule has 1 atom stereocenters. The number of amides is 2. The quantitative estimate of drug-likeness (QED) is 0.746. The molecule has 0 aliphatic rings. The summed E-state index contributed by atoms with van der Waals surface area (Å²) < 4.78 is 4.88. The van der Waals surface area contributed by atoms with Crippen molar-refractivity contribution in [3.8, 4) is 0 Å². The average molecular weight is 282 g/mol. The van der Waals surface area contributed by atoms with Gasteiger partial charge in [0.05, 0.1) is 18.4 Å². The van der Waals surface area contributed by atoms with Crippen LogP contribution in [-0.2, 0) is 11.3 Å². The molecule has 0 saturated carbocycles. The predicted molar refractivity (Wildman–Crippen MR) is 74.1 cm³/mol. The molecule has 1 aromatic heterocycles. The van der Waals surface area contributed by atoms with Crippen LogP contribution in [0.4, 0.5) is 4.79 Å². The Morgan fingerprint density at radius 3 is 2.55 bits per heavy atom. The van der Waals surface area contributed by atoms with E-state index in [1.54, 1.807) is 12.3 Å². The highest BCUT2D eigenvalue weighted by Crippen LogP contribution is 2.24. The number of carboxylic acid groups (broad SMARTS) is 1. The highest BCUT2D eigenvalue weighted by atomic mass is 16.4. The van der Waals surface area contributed by atoms with E-state index in [0.29, 0.717) is 13.0 Å². The summed E-state index contributed by atoms with van der Waals surface area (Å²) in [6.07, 6.45) is 3.57. The van der Waals surface area contributed by atoms with Crippen LogP contribution in [0.1, 0.15) is 32.8 Å². The van der Waals surface area contributed by atoms with Crippen LogP contribution < -0.4 is 10.6 Å². The van der Waals surface area contributed by atoms with Gasteiger partial charge in [-0.05, 0) is 17.9 Å². The van der Waals surface area contributed by atoms with E-state index >= 15 is 0 Å². The van der Waals surface area contributed by atoms with Gasteiger partial charge in [-0.3, -0.25) is 4.79 Å². The highest BCUT2D eigenvalue weighted by molar-refractivity contribution is 5.75. The second-order valence-corrected chi connectivity index (χ2v) is 6.00. The van der Waals surface area contributed by atoms with E-state index in [1.165, 1.54) is 6.26 Å². The number of carbonyl (C=O) groups is 2. The lowest BCUT2D eigenvalue weighted by Gasteiger charge is -2.23. The van der Waals surface area contributed by atoms with Crippen molar-refractivity contribution in [1.29, 1.82) is 0 Å². The maximum absolute atomic E-state index is 11.6. The summed E-state index contributed by atoms with van der Waals surface area (Å²) in [6.45, 7) is 6.38. The molecule has 0 radical (unpaired) electrons. The molecule has 0 saturated heterocycles. The zero-order valence-electron chi connectivity index (χ0n) is 12.1. The molecular formula is C14H22N2O4. The molecule has 112 valence electrons. The van der Waals surface area contributed by atoms with Crippen LogP contribution in [0.25, 0.3) is 0 Å². The molecule has 6 heteroatoms. The van der Waals surface area contributed by atoms with Crippen molar-refractivity contribution < 1.29 is 19.1 Å². The summed E-state index contributed by atoms with van der Waals surface area (Å²) in [5.41, 5.74) is 0.752. The Hall–Kier alpha value is -1.98. The Bertz CT molecular complexity index is 435. The second kappa shape index (κ2) is 6.98. The molecule has 3 N–H and O–H groups in total. The van der Waals surface area contributed by atoms with Crippen molar-refractivity contribution in [1.82, 2.24) is 10.6 Å². The zero-order valence-corrected chi connectivity index (χ0v) is 12.1. The van der Waals surface area contributed by atoms with Gasteiger partial charge in [0.25, 0.3) is 0 Å². The van der Waals surface area contributed by atoms with E-state index in [-0.39, 0.29) is 18.0 Å². The van der Waals surface area contributed by atoms with Crippen LogP contribution in [0.15, 0.2) is 23.0 Å². The molecule has 0 spiro atoms. The number of rotatable bonds is 6. The number of furan rings is 1. The number of aliphatic carboxylic acids is 1. The monoisotopic (exact) mass is 282 g/mol. The fraction of sp³-hybridized carbons (Fsp3) is 0.571. The molecule has 0 aliphatic carbocycles. The first kappa shape index (κ1) is 16.1. The van der Waals surface area contributed by atoms with Crippen LogP contribution in [0.5, 0.6) is 0 Å². The van der Waals surface area contributed by atoms with Gasteiger partial charge >= 0.3 is 12.0 Å². The molecule has 1 unspecified atom stereocenters. The summed E-state index contributed by atoms with van der Waals surface area (Å²) >= 11 is 0. The van der Waals surface area contributed by atoms with Gasteiger partial charge < -0.3 is 20.2 Å². The lowest BCUT2D eigenvalue weighted by Crippen LogP contribution is -2.40. The fourth-order valence-corrected chi connectivity index (χ4v) is 1.84. The third-order valence-electron chi connectivity index (χ3n) is 2.75. The van der Waals surface area contributed by atoms with E-state index in [4.69, 9.17) is 9.52 Å². The summed E-state index contributed by atoms with van der Waals surface area (Å²) in [7, 11) is 0. The van der Waals surface area contributed by atoms with Gasteiger partial charge in [0, 0.05) is 18.7 Å². The predicted octanol–water partition coefficient (Wildman–Crippen LogP) is 2.22. The molecule has 2 amide bonds. The van der Waals surface area contributed by atoms with Crippen molar-refractivity contribution >= 4 is 12.0 Å². The number of hydrogen-bond acceptors (Lipinski definition) is 3. The maximum atomic E-state index is 11.6. The molecule has 0 fully saturated rings. The smallest absolute Gasteiger partial charge is 0.315 e. The molecule has 0 aliphatic heterocycles. The maximum Gasteiger partial charge on any atom is 0.315 e. The number of carboxylic acids is 1. The van der Waals surface area contributed by atoms with E-state index in [2.05, 4.69) is 10.6 Å². The van der Waals surface area contributed by atoms with Crippen molar-refractivity contribution in [2.24, 2.45) is 11.3 Å². The second-order valence-electron chi connectivity index (χ2n) is 6.00. The molecule has 1 rings (SSSR count). The minimum atomic E-state index is -0.893. The van der Waals surface area contributed by atoms with Gasteiger partial charge in [0.2, 0.25) is 0 Å². The average Bonchev–Trinajstić information content (AvgIpc) is 2.83. The molecule has 1 heterocycles.